The summed E-state index contributed by atoms with van der Waals surface area (Å²) in [6, 6.07) is 6.11. The van der Waals surface area contributed by atoms with E-state index in [0.29, 0.717) is 18.1 Å². The third-order valence-electron chi connectivity index (χ3n) is 6.52. The van der Waals surface area contributed by atoms with Gasteiger partial charge < -0.3 is 24.4 Å². The maximum atomic E-state index is 6.38. The van der Waals surface area contributed by atoms with E-state index < -0.39 is 0 Å². The fraction of sp³-hybridized carbons (Fsp3) is 0.696. The molecule has 3 fully saturated rings. The van der Waals surface area contributed by atoms with E-state index >= 15 is 0 Å². The molecule has 30 heavy (non-hydrogen) atoms. The number of hydrogen-bond donors (Lipinski definition) is 1. The number of benzene rings is 1. The average molecular weight is 529 g/mol. The van der Waals surface area contributed by atoms with Crippen LogP contribution in [0.5, 0.6) is 11.5 Å². The van der Waals surface area contributed by atoms with Crippen LogP contribution < -0.4 is 14.8 Å². The lowest BCUT2D eigenvalue weighted by molar-refractivity contribution is 0.156. The van der Waals surface area contributed by atoms with Crippen molar-refractivity contribution in [2.24, 2.45) is 10.4 Å². The van der Waals surface area contributed by atoms with E-state index in [0.717, 1.165) is 75.1 Å². The quantitative estimate of drug-likeness (QED) is 0.340. The van der Waals surface area contributed by atoms with Crippen LogP contribution in [0, 0.1) is 5.41 Å². The summed E-state index contributed by atoms with van der Waals surface area (Å²) in [5.41, 5.74) is 1.41. The van der Waals surface area contributed by atoms with Gasteiger partial charge in [-0.2, -0.15) is 0 Å². The number of para-hydroxylation sites is 1. The topological polar surface area (TPSA) is 55.3 Å². The zero-order chi connectivity index (χ0) is 20.1. The molecule has 168 valence electrons. The van der Waals surface area contributed by atoms with E-state index in [9.17, 15) is 0 Å². The zero-order valence-electron chi connectivity index (χ0n) is 18.3. The van der Waals surface area contributed by atoms with Gasteiger partial charge in [-0.25, -0.2) is 4.99 Å². The maximum absolute atomic E-state index is 6.38. The largest absolute Gasteiger partial charge is 0.493 e. The Bertz CT molecular complexity index is 716. The Labute approximate surface area is 197 Å². The van der Waals surface area contributed by atoms with Gasteiger partial charge in [-0.05, 0) is 51.5 Å². The Morgan fingerprint density at radius 1 is 1.30 bits per heavy atom. The number of ether oxygens (including phenoxy) is 3. The molecule has 2 saturated heterocycles. The van der Waals surface area contributed by atoms with E-state index in [-0.39, 0.29) is 24.0 Å². The van der Waals surface area contributed by atoms with Crippen LogP contribution in [0.3, 0.4) is 0 Å². The highest BCUT2D eigenvalue weighted by Gasteiger charge is 2.42. The number of nitrogens with one attached hydrogen (secondary N) is 1. The van der Waals surface area contributed by atoms with Crippen LogP contribution in [0.4, 0.5) is 0 Å². The Morgan fingerprint density at radius 2 is 2.13 bits per heavy atom. The van der Waals surface area contributed by atoms with Crippen LogP contribution in [0.25, 0.3) is 0 Å². The van der Waals surface area contributed by atoms with Gasteiger partial charge >= 0.3 is 0 Å². The van der Waals surface area contributed by atoms with Gasteiger partial charge in [-0.15, -0.1) is 24.0 Å². The first kappa shape index (κ1) is 23.4. The van der Waals surface area contributed by atoms with E-state index in [1.807, 2.05) is 12.1 Å². The summed E-state index contributed by atoms with van der Waals surface area (Å²) in [5, 5.41) is 3.49. The summed E-state index contributed by atoms with van der Waals surface area (Å²) >= 11 is 0. The fourth-order valence-electron chi connectivity index (χ4n) is 4.83. The van der Waals surface area contributed by atoms with E-state index in [2.05, 4.69) is 23.2 Å². The molecule has 1 aromatic rings. The average Bonchev–Trinajstić information content (AvgIpc) is 3.50. The van der Waals surface area contributed by atoms with Crippen LogP contribution in [0.2, 0.25) is 0 Å². The molecule has 2 heterocycles. The van der Waals surface area contributed by atoms with Gasteiger partial charge in [0, 0.05) is 37.2 Å². The number of hydrogen-bond acceptors (Lipinski definition) is 4. The van der Waals surface area contributed by atoms with E-state index in [1.54, 1.807) is 7.11 Å². The molecule has 0 bridgehead atoms. The lowest BCUT2D eigenvalue weighted by Gasteiger charge is -2.25. The molecule has 1 atom stereocenters. The van der Waals surface area contributed by atoms with Crippen molar-refractivity contribution in [3.63, 3.8) is 0 Å². The lowest BCUT2D eigenvalue weighted by atomic mass is 9.87. The van der Waals surface area contributed by atoms with Crippen molar-refractivity contribution in [1.29, 1.82) is 0 Å². The second kappa shape index (κ2) is 10.9. The third-order valence-corrected chi connectivity index (χ3v) is 6.52. The van der Waals surface area contributed by atoms with Gasteiger partial charge in [0.1, 0.15) is 0 Å². The molecule has 7 heteroatoms. The molecule has 3 aliphatic rings. The summed E-state index contributed by atoms with van der Waals surface area (Å²) < 4.78 is 17.7. The first-order valence-electron chi connectivity index (χ1n) is 11.2. The van der Waals surface area contributed by atoms with E-state index in [4.69, 9.17) is 19.2 Å². The van der Waals surface area contributed by atoms with Crippen LogP contribution in [0.15, 0.2) is 23.2 Å². The minimum Gasteiger partial charge on any atom is -0.493 e. The summed E-state index contributed by atoms with van der Waals surface area (Å²) in [5.74, 6) is 2.66. The highest BCUT2D eigenvalue weighted by Crippen LogP contribution is 2.38. The molecule has 6 nitrogen and oxygen atoms in total. The van der Waals surface area contributed by atoms with Crippen molar-refractivity contribution in [2.75, 3.05) is 40.0 Å². The monoisotopic (exact) mass is 529 g/mol. The van der Waals surface area contributed by atoms with Crippen molar-refractivity contribution in [2.45, 2.75) is 58.1 Å². The van der Waals surface area contributed by atoms with Crippen molar-refractivity contribution in [3.8, 4) is 11.5 Å². The number of rotatable bonds is 6. The zero-order valence-corrected chi connectivity index (χ0v) is 20.7. The van der Waals surface area contributed by atoms with Gasteiger partial charge in [0.25, 0.3) is 0 Å². The minimum atomic E-state index is 0. The van der Waals surface area contributed by atoms with Gasteiger partial charge in [0.05, 0.1) is 26.4 Å². The molecular formula is C23H36IN3O3. The molecule has 1 spiro atoms. The molecule has 1 aromatic carbocycles. The third kappa shape index (κ3) is 5.33. The lowest BCUT2D eigenvalue weighted by Crippen LogP contribution is -2.41. The first-order chi connectivity index (χ1) is 14.2. The van der Waals surface area contributed by atoms with Crippen LogP contribution in [-0.2, 0) is 11.3 Å². The second-order valence-corrected chi connectivity index (χ2v) is 8.62. The van der Waals surface area contributed by atoms with Crippen LogP contribution >= 0.6 is 24.0 Å². The van der Waals surface area contributed by atoms with Gasteiger partial charge in [-0.3, -0.25) is 0 Å². The summed E-state index contributed by atoms with van der Waals surface area (Å²) in [6.07, 6.45) is 7.40. The molecule has 1 N–H and O–H groups in total. The predicted octanol–water partition coefficient (Wildman–Crippen LogP) is 4.21. The molecule has 4 rings (SSSR count). The van der Waals surface area contributed by atoms with Crippen molar-refractivity contribution in [3.05, 3.63) is 23.8 Å². The molecule has 0 radical (unpaired) electrons. The van der Waals surface area contributed by atoms with Gasteiger partial charge in [0.15, 0.2) is 17.5 Å². The van der Waals surface area contributed by atoms with E-state index in [1.165, 1.54) is 19.3 Å². The summed E-state index contributed by atoms with van der Waals surface area (Å²) in [4.78, 5) is 7.38. The van der Waals surface area contributed by atoms with Crippen molar-refractivity contribution < 1.29 is 14.2 Å². The van der Waals surface area contributed by atoms with Gasteiger partial charge in [0.2, 0.25) is 0 Å². The molecular weight excluding hydrogens is 493 g/mol. The second-order valence-electron chi connectivity index (χ2n) is 8.62. The number of nitrogens with zero attached hydrogens (tertiary/aromatic N) is 2. The Morgan fingerprint density at radius 3 is 2.83 bits per heavy atom. The number of likely N-dealkylation sites (tertiary alicyclic amines) is 1. The molecule has 1 saturated carbocycles. The fourth-order valence-corrected chi connectivity index (χ4v) is 4.83. The number of aliphatic imine (C=N–C) groups is 1. The van der Waals surface area contributed by atoms with Crippen molar-refractivity contribution >= 4 is 29.9 Å². The first-order valence-corrected chi connectivity index (χ1v) is 11.2. The smallest absolute Gasteiger partial charge is 0.194 e. The predicted molar refractivity (Wildman–Crippen MR) is 130 cm³/mol. The number of halogens is 1. The van der Waals surface area contributed by atoms with Crippen molar-refractivity contribution in [1.82, 2.24) is 10.2 Å². The maximum Gasteiger partial charge on any atom is 0.194 e. The summed E-state index contributed by atoms with van der Waals surface area (Å²) in [6.45, 7) is 7.43. The molecule has 0 amide bonds. The van der Waals surface area contributed by atoms with Gasteiger partial charge in [-0.1, -0.05) is 12.1 Å². The number of guanidine groups is 1. The normalized spacial score (nSPS) is 24.3. The van der Waals surface area contributed by atoms with Crippen LogP contribution in [-0.4, -0.2) is 56.9 Å². The minimum absolute atomic E-state index is 0. The highest BCUT2D eigenvalue weighted by atomic mass is 127. The summed E-state index contributed by atoms with van der Waals surface area (Å²) in [7, 11) is 1.71. The Hall–Kier alpha value is -1.22. The van der Waals surface area contributed by atoms with Crippen LogP contribution in [0.1, 0.15) is 51.0 Å². The number of methoxy groups -OCH3 is 1. The SMILES string of the molecule is CCNC(=NCc1cccc(OC)c1OC1CCCC1)N1CCC2(CCOC2)C1.I. The molecule has 1 unspecified atom stereocenters. The highest BCUT2D eigenvalue weighted by molar-refractivity contribution is 14.0. The molecule has 1 aliphatic carbocycles. The Balaban J connectivity index is 0.00000256. The molecule has 2 aliphatic heterocycles. The standard InChI is InChI=1S/C23H35N3O3.HI/c1-3-24-22(26-13-11-23(16-26)12-14-28-17-23)25-15-18-7-6-10-20(27-2)21(18)29-19-8-4-5-9-19;/h6-7,10,19H,3-5,8-9,11-17H2,1-2H3,(H,24,25);1H. The Kier molecular flexibility index (Phi) is 8.51. The molecule has 0 aromatic heterocycles.